The Bertz CT molecular complexity index is 966. The summed E-state index contributed by atoms with van der Waals surface area (Å²) in [5.74, 6) is -0.373. The highest BCUT2D eigenvalue weighted by Crippen LogP contribution is 2.35. The molecule has 4 rings (SSSR count). The lowest BCUT2D eigenvalue weighted by Gasteiger charge is -2.12. The highest BCUT2D eigenvalue weighted by molar-refractivity contribution is 6.23. The van der Waals surface area contributed by atoms with Crippen molar-refractivity contribution in [2.45, 2.75) is 6.42 Å². The fourth-order valence-electron chi connectivity index (χ4n) is 3.29. The minimum absolute atomic E-state index is 0.373. The molecule has 0 N–H and O–H groups in total. The molecule has 4 aromatic carbocycles. The largest absolute Gasteiger partial charge is 0.462 e. The number of benzene rings is 4. The van der Waals surface area contributed by atoms with Crippen LogP contribution in [-0.4, -0.2) is 12.6 Å². The van der Waals surface area contributed by atoms with Gasteiger partial charge < -0.3 is 4.74 Å². The normalized spacial score (nSPS) is 11.3. The van der Waals surface area contributed by atoms with Crippen LogP contribution in [0.4, 0.5) is 0 Å². The van der Waals surface area contributed by atoms with E-state index in [1.807, 2.05) is 0 Å². The average molecular weight is 300 g/mol. The van der Waals surface area contributed by atoms with Crippen LogP contribution >= 0.6 is 0 Å². The predicted octanol–water partition coefficient (Wildman–Crippen LogP) is 4.86. The third kappa shape index (κ3) is 2.33. The highest BCUT2D eigenvalue weighted by Gasteiger charge is 2.09. The SMILES string of the molecule is C=CC(=O)OCCc1cc2ccc3cccc4ccc(c1)c2c34. The Morgan fingerprint density at radius 2 is 1.48 bits per heavy atom. The van der Waals surface area contributed by atoms with E-state index in [9.17, 15) is 4.79 Å². The first-order chi connectivity index (χ1) is 11.3. The van der Waals surface area contributed by atoms with Crippen LogP contribution in [-0.2, 0) is 16.0 Å². The highest BCUT2D eigenvalue weighted by atomic mass is 16.5. The van der Waals surface area contributed by atoms with Gasteiger partial charge in [-0.2, -0.15) is 0 Å². The molecule has 0 aliphatic heterocycles. The summed E-state index contributed by atoms with van der Waals surface area (Å²) in [4.78, 5) is 11.1. The molecule has 0 saturated carbocycles. The number of carbonyl (C=O) groups is 1. The van der Waals surface area contributed by atoms with Crippen LogP contribution in [0.5, 0.6) is 0 Å². The number of esters is 1. The van der Waals surface area contributed by atoms with Gasteiger partial charge in [0.1, 0.15) is 0 Å². The van der Waals surface area contributed by atoms with Crippen molar-refractivity contribution < 1.29 is 9.53 Å². The molecule has 0 amide bonds. The van der Waals surface area contributed by atoms with Gasteiger partial charge in [0.05, 0.1) is 6.61 Å². The Balaban J connectivity index is 1.80. The molecular formula is C21H16O2. The molecule has 0 fully saturated rings. The molecule has 2 nitrogen and oxygen atoms in total. The van der Waals surface area contributed by atoms with E-state index in [0.717, 1.165) is 0 Å². The second kappa shape index (κ2) is 5.40. The molecule has 2 heteroatoms. The molecule has 0 radical (unpaired) electrons. The number of hydrogen-bond donors (Lipinski definition) is 0. The predicted molar refractivity (Wildman–Crippen MR) is 95.0 cm³/mol. The molecular weight excluding hydrogens is 284 g/mol. The molecule has 0 spiro atoms. The summed E-state index contributed by atoms with van der Waals surface area (Å²) < 4.78 is 5.09. The third-order valence-electron chi connectivity index (χ3n) is 4.32. The lowest BCUT2D eigenvalue weighted by molar-refractivity contribution is -0.137. The van der Waals surface area contributed by atoms with Crippen LogP contribution in [0.2, 0.25) is 0 Å². The van der Waals surface area contributed by atoms with Gasteiger partial charge in [0, 0.05) is 12.5 Å². The molecule has 0 bridgehead atoms. The summed E-state index contributed by atoms with van der Waals surface area (Å²) in [6, 6.07) is 19.5. The van der Waals surface area contributed by atoms with Crippen molar-refractivity contribution in [1.82, 2.24) is 0 Å². The second-order valence-electron chi connectivity index (χ2n) is 5.75. The van der Waals surface area contributed by atoms with Gasteiger partial charge in [-0.25, -0.2) is 4.79 Å². The van der Waals surface area contributed by atoms with Crippen molar-refractivity contribution >= 4 is 38.3 Å². The number of ether oxygens (including phenoxy) is 1. The monoisotopic (exact) mass is 300 g/mol. The molecule has 112 valence electrons. The molecule has 0 saturated heterocycles. The maximum Gasteiger partial charge on any atom is 0.330 e. The van der Waals surface area contributed by atoms with Crippen LogP contribution in [0, 0.1) is 0 Å². The van der Waals surface area contributed by atoms with Crippen LogP contribution in [0.1, 0.15) is 5.56 Å². The van der Waals surface area contributed by atoms with E-state index in [4.69, 9.17) is 4.74 Å². The van der Waals surface area contributed by atoms with Crippen LogP contribution < -0.4 is 0 Å². The summed E-state index contributed by atoms with van der Waals surface area (Å²) in [6.07, 6.45) is 1.90. The summed E-state index contributed by atoms with van der Waals surface area (Å²) in [5.41, 5.74) is 1.17. The van der Waals surface area contributed by atoms with Crippen molar-refractivity contribution in [2.75, 3.05) is 6.61 Å². The Morgan fingerprint density at radius 1 is 0.913 bits per heavy atom. The Kier molecular flexibility index (Phi) is 3.23. The molecule has 0 atom stereocenters. The zero-order valence-electron chi connectivity index (χ0n) is 12.7. The van der Waals surface area contributed by atoms with Crippen molar-refractivity contribution in [2.24, 2.45) is 0 Å². The van der Waals surface area contributed by atoms with Crippen molar-refractivity contribution in [3.05, 3.63) is 72.8 Å². The Morgan fingerprint density at radius 3 is 2.09 bits per heavy atom. The van der Waals surface area contributed by atoms with Gasteiger partial charge in [-0.15, -0.1) is 0 Å². The van der Waals surface area contributed by atoms with Crippen molar-refractivity contribution in [3.63, 3.8) is 0 Å². The summed E-state index contributed by atoms with van der Waals surface area (Å²) in [5, 5.41) is 7.65. The first-order valence-electron chi connectivity index (χ1n) is 7.72. The van der Waals surface area contributed by atoms with Crippen molar-refractivity contribution in [1.29, 1.82) is 0 Å². The Labute approximate surface area is 134 Å². The maximum absolute atomic E-state index is 11.1. The van der Waals surface area contributed by atoms with Gasteiger partial charge in [-0.1, -0.05) is 61.2 Å². The van der Waals surface area contributed by atoms with E-state index >= 15 is 0 Å². The minimum atomic E-state index is -0.373. The topological polar surface area (TPSA) is 26.3 Å². The summed E-state index contributed by atoms with van der Waals surface area (Å²) in [7, 11) is 0. The van der Waals surface area contributed by atoms with E-state index in [0.29, 0.717) is 13.0 Å². The molecule has 0 aliphatic rings. The lowest BCUT2D eigenvalue weighted by atomic mass is 9.92. The number of hydrogen-bond acceptors (Lipinski definition) is 2. The second-order valence-corrected chi connectivity index (χ2v) is 5.75. The van der Waals surface area contributed by atoms with E-state index in [1.54, 1.807) is 0 Å². The fraction of sp³-hybridized carbons (Fsp3) is 0.0952. The van der Waals surface area contributed by atoms with Crippen LogP contribution in [0.15, 0.2) is 67.3 Å². The zero-order chi connectivity index (χ0) is 15.8. The fourth-order valence-corrected chi connectivity index (χ4v) is 3.29. The molecule has 4 aromatic rings. The quantitative estimate of drug-likeness (QED) is 0.306. The van der Waals surface area contributed by atoms with Crippen LogP contribution in [0.25, 0.3) is 32.3 Å². The molecule has 0 aliphatic carbocycles. The average Bonchev–Trinajstić information content (AvgIpc) is 2.59. The molecule has 23 heavy (non-hydrogen) atoms. The first-order valence-corrected chi connectivity index (χ1v) is 7.72. The van der Waals surface area contributed by atoms with E-state index in [2.05, 4.69) is 61.2 Å². The van der Waals surface area contributed by atoms with Gasteiger partial charge >= 0.3 is 5.97 Å². The van der Waals surface area contributed by atoms with Gasteiger partial charge in [-0.05, 0) is 37.9 Å². The van der Waals surface area contributed by atoms with Gasteiger partial charge in [0.25, 0.3) is 0 Å². The van der Waals surface area contributed by atoms with E-state index in [-0.39, 0.29) is 5.97 Å². The van der Waals surface area contributed by atoms with Crippen LogP contribution in [0.3, 0.4) is 0 Å². The zero-order valence-corrected chi connectivity index (χ0v) is 12.7. The maximum atomic E-state index is 11.1. The summed E-state index contributed by atoms with van der Waals surface area (Å²) in [6.45, 7) is 3.78. The smallest absolute Gasteiger partial charge is 0.330 e. The first kappa shape index (κ1) is 13.8. The number of carbonyl (C=O) groups excluding carboxylic acids is 1. The van der Waals surface area contributed by atoms with Gasteiger partial charge in [0.2, 0.25) is 0 Å². The van der Waals surface area contributed by atoms with E-state index < -0.39 is 0 Å². The van der Waals surface area contributed by atoms with Gasteiger partial charge in [-0.3, -0.25) is 0 Å². The van der Waals surface area contributed by atoms with Crippen molar-refractivity contribution in [3.8, 4) is 0 Å². The van der Waals surface area contributed by atoms with Gasteiger partial charge in [0.15, 0.2) is 0 Å². The molecule has 0 unspecified atom stereocenters. The standard InChI is InChI=1S/C21H16O2/c1-2-19(22)23-11-10-14-12-17-8-6-15-4-3-5-16-7-9-18(13-14)21(17)20(15)16/h2-9,12-13H,1,10-11H2. The van der Waals surface area contributed by atoms with E-state index in [1.165, 1.54) is 44.0 Å². The molecule has 0 heterocycles. The minimum Gasteiger partial charge on any atom is -0.462 e. The Hall–Kier alpha value is -2.87. The molecule has 0 aromatic heterocycles. The summed E-state index contributed by atoms with van der Waals surface area (Å²) >= 11 is 0. The number of rotatable bonds is 4. The lowest BCUT2D eigenvalue weighted by Crippen LogP contribution is -2.04. The third-order valence-corrected chi connectivity index (χ3v) is 4.32.